The van der Waals surface area contributed by atoms with Crippen molar-refractivity contribution < 1.29 is 0 Å². The molecule has 0 aromatic rings. The monoisotopic (exact) mass is 252 g/mol. The summed E-state index contributed by atoms with van der Waals surface area (Å²) in [6.45, 7) is 10.9. The van der Waals surface area contributed by atoms with Gasteiger partial charge in [0.1, 0.15) is 0 Å². The minimum Gasteiger partial charge on any atom is -0.314 e. The van der Waals surface area contributed by atoms with E-state index in [1.165, 1.54) is 51.6 Å². The van der Waals surface area contributed by atoms with Gasteiger partial charge in [0.15, 0.2) is 0 Å². The molecule has 1 saturated carbocycles. The van der Waals surface area contributed by atoms with Gasteiger partial charge in [0.05, 0.1) is 0 Å². The Morgan fingerprint density at radius 2 is 1.78 bits per heavy atom. The number of rotatable bonds is 4. The quantitative estimate of drug-likeness (QED) is 0.826. The molecule has 106 valence electrons. The third-order valence-corrected chi connectivity index (χ3v) is 5.13. The lowest BCUT2D eigenvalue weighted by Crippen LogP contribution is -2.49. The van der Waals surface area contributed by atoms with E-state index in [2.05, 4.69) is 31.0 Å². The van der Waals surface area contributed by atoms with E-state index >= 15 is 0 Å². The number of hydrogen-bond donors (Lipinski definition) is 1. The van der Waals surface area contributed by atoms with Crippen LogP contribution in [0.2, 0.25) is 0 Å². The summed E-state index contributed by atoms with van der Waals surface area (Å²) >= 11 is 0. The van der Waals surface area contributed by atoms with Gasteiger partial charge in [-0.3, -0.25) is 0 Å². The minimum atomic E-state index is 0.771. The van der Waals surface area contributed by atoms with E-state index in [0.717, 1.165) is 30.5 Å². The summed E-state index contributed by atoms with van der Waals surface area (Å²) in [4.78, 5) is 2.76. The summed E-state index contributed by atoms with van der Waals surface area (Å²) in [7, 11) is 0. The zero-order valence-electron chi connectivity index (χ0n) is 12.6. The fourth-order valence-corrected chi connectivity index (χ4v) is 3.81. The van der Waals surface area contributed by atoms with Crippen LogP contribution in [0.1, 0.15) is 59.3 Å². The van der Waals surface area contributed by atoms with Gasteiger partial charge < -0.3 is 10.2 Å². The molecule has 0 radical (unpaired) electrons. The fraction of sp³-hybridized carbons (Fsp3) is 1.00. The van der Waals surface area contributed by atoms with E-state index in [1.807, 2.05) is 0 Å². The van der Waals surface area contributed by atoms with Crippen LogP contribution < -0.4 is 5.32 Å². The molecule has 0 amide bonds. The lowest BCUT2D eigenvalue weighted by Gasteiger charge is -2.40. The molecule has 2 rings (SSSR count). The Balaban J connectivity index is 1.73. The molecule has 0 aromatic carbocycles. The van der Waals surface area contributed by atoms with Crippen LogP contribution in [0.4, 0.5) is 0 Å². The first kappa shape index (κ1) is 14.3. The topological polar surface area (TPSA) is 15.3 Å². The zero-order chi connectivity index (χ0) is 13.0. The summed E-state index contributed by atoms with van der Waals surface area (Å²) in [6.07, 6.45) is 8.57. The Hall–Kier alpha value is -0.0800. The van der Waals surface area contributed by atoms with Gasteiger partial charge in [-0.25, -0.2) is 0 Å². The van der Waals surface area contributed by atoms with Crippen molar-refractivity contribution in [2.75, 3.05) is 19.6 Å². The standard InChI is InChI=1S/C16H32N2/c1-4-17-16-9-10-18(14(3)11-16)12-15-7-5-13(2)6-8-15/h13-17H,4-12H2,1-3H3. The fourth-order valence-electron chi connectivity index (χ4n) is 3.81. The third kappa shape index (κ3) is 3.96. The lowest BCUT2D eigenvalue weighted by atomic mass is 9.82. The summed E-state index contributed by atoms with van der Waals surface area (Å²) < 4.78 is 0. The molecule has 1 aliphatic heterocycles. The van der Waals surface area contributed by atoms with E-state index in [4.69, 9.17) is 0 Å². The zero-order valence-corrected chi connectivity index (χ0v) is 12.6. The van der Waals surface area contributed by atoms with Crippen molar-refractivity contribution in [1.29, 1.82) is 0 Å². The Morgan fingerprint density at radius 3 is 2.39 bits per heavy atom. The second kappa shape index (κ2) is 6.91. The molecule has 1 heterocycles. The van der Waals surface area contributed by atoms with Crippen LogP contribution in [0, 0.1) is 11.8 Å². The molecular formula is C16H32N2. The van der Waals surface area contributed by atoms with Crippen molar-refractivity contribution in [1.82, 2.24) is 10.2 Å². The Morgan fingerprint density at radius 1 is 1.06 bits per heavy atom. The highest BCUT2D eigenvalue weighted by molar-refractivity contribution is 4.84. The van der Waals surface area contributed by atoms with Crippen molar-refractivity contribution in [3.8, 4) is 0 Å². The average Bonchev–Trinajstić information content (AvgIpc) is 2.36. The average molecular weight is 252 g/mol. The first-order valence-corrected chi connectivity index (χ1v) is 8.16. The van der Waals surface area contributed by atoms with Gasteiger partial charge in [0.25, 0.3) is 0 Å². The molecule has 0 aromatic heterocycles. The number of likely N-dealkylation sites (tertiary alicyclic amines) is 1. The molecule has 2 nitrogen and oxygen atoms in total. The molecule has 2 unspecified atom stereocenters. The van der Waals surface area contributed by atoms with Gasteiger partial charge in [0, 0.05) is 18.6 Å². The van der Waals surface area contributed by atoms with Crippen LogP contribution in [-0.2, 0) is 0 Å². The summed E-state index contributed by atoms with van der Waals surface area (Å²) in [5.74, 6) is 1.97. The highest BCUT2D eigenvalue weighted by Crippen LogP contribution is 2.30. The van der Waals surface area contributed by atoms with E-state index < -0.39 is 0 Å². The first-order valence-electron chi connectivity index (χ1n) is 8.16. The molecule has 2 aliphatic rings. The van der Waals surface area contributed by atoms with Gasteiger partial charge in [-0.05, 0) is 57.5 Å². The Kier molecular flexibility index (Phi) is 5.50. The smallest absolute Gasteiger partial charge is 0.00939 e. The van der Waals surface area contributed by atoms with Crippen LogP contribution in [0.5, 0.6) is 0 Å². The molecule has 2 fully saturated rings. The maximum Gasteiger partial charge on any atom is 0.00939 e. The van der Waals surface area contributed by atoms with Gasteiger partial charge in [0.2, 0.25) is 0 Å². The summed E-state index contributed by atoms with van der Waals surface area (Å²) in [6, 6.07) is 1.55. The predicted octanol–water partition coefficient (Wildman–Crippen LogP) is 3.28. The minimum absolute atomic E-state index is 0.771. The molecule has 2 atom stereocenters. The number of piperidine rings is 1. The van der Waals surface area contributed by atoms with E-state index in [-0.39, 0.29) is 0 Å². The van der Waals surface area contributed by atoms with Crippen LogP contribution in [0.3, 0.4) is 0 Å². The predicted molar refractivity (Wildman–Crippen MR) is 78.9 cm³/mol. The number of hydrogen-bond acceptors (Lipinski definition) is 2. The highest BCUT2D eigenvalue weighted by atomic mass is 15.2. The maximum absolute atomic E-state index is 3.62. The Labute approximate surface area is 114 Å². The van der Waals surface area contributed by atoms with Crippen molar-refractivity contribution in [3.05, 3.63) is 0 Å². The largest absolute Gasteiger partial charge is 0.314 e. The van der Waals surface area contributed by atoms with Crippen LogP contribution >= 0.6 is 0 Å². The molecule has 2 heteroatoms. The second-order valence-electron chi connectivity index (χ2n) is 6.75. The van der Waals surface area contributed by atoms with Gasteiger partial charge in [-0.15, -0.1) is 0 Å². The normalized spacial score (nSPS) is 38.8. The highest BCUT2D eigenvalue weighted by Gasteiger charge is 2.27. The molecule has 0 spiro atoms. The Bertz CT molecular complexity index is 233. The second-order valence-corrected chi connectivity index (χ2v) is 6.75. The molecule has 18 heavy (non-hydrogen) atoms. The van der Waals surface area contributed by atoms with Gasteiger partial charge in [-0.1, -0.05) is 26.7 Å². The van der Waals surface area contributed by atoms with Gasteiger partial charge in [-0.2, -0.15) is 0 Å². The molecule has 1 saturated heterocycles. The van der Waals surface area contributed by atoms with Crippen molar-refractivity contribution in [2.24, 2.45) is 11.8 Å². The molecule has 1 N–H and O–H groups in total. The maximum atomic E-state index is 3.62. The number of nitrogens with one attached hydrogen (secondary N) is 1. The third-order valence-electron chi connectivity index (χ3n) is 5.13. The van der Waals surface area contributed by atoms with Crippen molar-refractivity contribution in [3.63, 3.8) is 0 Å². The molecule has 1 aliphatic carbocycles. The van der Waals surface area contributed by atoms with Crippen LogP contribution in [0.25, 0.3) is 0 Å². The van der Waals surface area contributed by atoms with Crippen LogP contribution in [0.15, 0.2) is 0 Å². The van der Waals surface area contributed by atoms with Crippen LogP contribution in [-0.4, -0.2) is 36.6 Å². The molecule has 0 bridgehead atoms. The van der Waals surface area contributed by atoms with Gasteiger partial charge >= 0.3 is 0 Å². The SMILES string of the molecule is CCNC1CCN(CC2CCC(C)CC2)C(C)C1. The molecular weight excluding hydrogens is 220 g/mol. The van der Waals surface area contributed by atoms with E-state index in [9.17, 15) is 0 Å². The van der Waals surface area contributed by atoms with Crippen molar-refractivity contribution in [2.45, 2.75) is 71.4 Å². The van der Waals surface area contributed by atoms with E-state index in [1.54, 1.807) is 0 Å². The summed E-state index contributed by atoms with van der Waals surface area (Å²) in [5, 5.41) is 3.62. The number of nitrogens with zero attached hydrogens (tertiary/aromatic N) is 1. The lowest BCUT2D eigenvalue weighted by molar-refractivity contribution is 0.101. The van der Waals surface area contributed by atoms with Crippen molar-refractivity contribution >= 4 is 0 Å². The first-order chi connectivity index (χ1) is 8.69. The van der Waals surface area contributed by atoms with E-state index in [0.29, 0.717) is 0 Å². The summed E-state index contributed by atoms with van der Waals surface area (Å²) in [5.41, 5.74) is 0.